The highest BCUT2D eigenvalue weighted by Gasteiger charge is 2.51. The van der Waals surface area contributed by atoms with Crippen LogP contribution in [-0.2, 0) is 15.9 Å². The van der Waals surface area contributed by atoms with Crippen LogP contribution in [0.5, 0.6) is 0 Å². The largest absolute Gasteiger partial charge is 0.496 e. The third-order valence-electron chi connectivity index (χ3n) is 3.98. The normalized spacial score (nSPS) is 20.1. The van der Waals surface area contributed by atoms with Crippen molar-refractivity contribution in [2.24, 2.45) is 11.5 Å². The Bertz CT molecular complexity index is 530. The lowest BCUT2D eigenvalue weighted by atomic mass is 9.79. The molecule has 0 aromatic carbocycles. The second kappa shape index (κ2) is 4.84. The molecule has 0 bridgehead atoms. The third kappa shape index (κ3) is 2.44. The summed E-state index contributed by atoms with van der Waals surface area (Å²) < 4.78 is 11.8. The van der Waals surface area contributed by atoms with Crippen LogP contribution < -0.4 is 16.9 Å². The van der Waals surface area contributed by atoms with E-state index in [0.717, 1.165) is 0 Å². The number of primary amides is 1. The number of pyridine rings is 1. The zero-order valence-corrected chi connectivity index (χ0v) is 12.3. The molecule has 4 N–H and O–H groups in total. The van der Waals surface area contributed by atoms with Crippen LogP contribution in [0, 0.1) is 0 Å². The maximum absolute atomic E-state index is 11.4. The van der Waals surface area contributed by atoms with Crippen molar-refractivity contribution in [1.82, 2.24) is 4.98 Å². The minimum atomic E-state index is -0.572. The fourth-order valence-electron chi connectivity index (χ4n) is 1.99. The average molecular weight is 277 g/mol. The van der Waals surface area contributed by atoms with Crippen molar-refractivity contribution in [1.29, 1.82) is 0 Å². The molecule has 0 saturated carbocycles. The van der Waals surface area contributed by atoms with Crippen LogP contribution in [0.4, 0.5) is 0 Å². The van der Waals surface area contributed by atoms with E-state index in [9.17, 15) is 4.79 Å². The third-order valence-corrected chi connectivity index (χ3v) is 3.98. The molecule has 2 heterocycles. The molecule has 20 heavy (non-hydrogen) atoms. The van der Waals surface area contributed by atoms with E-state index in [1.807, 2.05) is 27.7 Å². The molecule has 7 heteroatoms. The van der Waals surface area contributed by atoms with E-state index in [-0.39, 0.29) is 6.54 Å². The zero-order valence-electron chi connectivity index (χ0n) is 12.3. The summed E-state index contributed by atoms with van der Waals surface area (Å²) in [6.45, 7) is 8.00. The van der Waals surface area contributed by atoms with Gasteiger partial charge < -0.3 is 20.8 Å². The molecule has 1 fully saturated rings. The lowest BCUT2D eigenvalue weighted by Gasteiger charge is -2.32. The Balaban J connectivity index is 2.36. The van der Waals surface area contributed by atoms with Crippen LogP contribution >= 0.6 is 0 Å². The van der Waals surface area contributed by atoms with Crippen LogP contribution in [0.25, 0.3) is 0 Å². The van der Waals surface area contributed by atoms with Gasteiger partial charge in [-0.2, -0.15) is 0 Å². The maximum atomic E-state index is 11.4. The number of hydrogen-bond donors (Lipinski definition) is 2. The average Bonchev–Trinajstić information content (AvgIpc) is 2.57. The molecule has 1 amide bonds. The van der Waals surface area contributed by atoms with E-state index < -0.39 is 24.2 Å². The van der Waals surface area contributed by atoms with Gasteiger partial charge in [0, 0.05) is 18.2 Å². The minimum absolute atomic E-state index is 0.155. The highest BCUT2D eigenvalue weighted by atomic mass is 16.7. The highest BCUT2D eigenvalue weighted by molar-refractivity contribution is 6.62. The number of rotatable bonds is 3. The van der Waals surface area contributed by atoms with Gasteiger partial charge in [-0.1, -0.05) is 0 Å². The summed E-state index contributed by atoms with van der Waals surface area (Å²) in [5.41, 5.74) is 11.4. The van der Waals surface area contributed by atoms with E-state index in [4.69, 9.17) is 20.8 Å². The Labute approximate surface area is 119 Å². The monoisotopic (exact) mass is 277 g/mol. The summed E-state index contributed by atoms with van der Waals surface area (Å²) in [6, 6.07) is 1.64. The van der Waals surface area contributed by atoms with Gasteiger partial charge in [0.1, 0.15) is 0 Å². The first-order valence-corrected chi connectivity index (χ1v) is 6.52. The van der Waals surface area contributed by atoms with Crippen LogP contribution in [-0.4, -0.2) is 29.2 Å². The van der Waals surface area contributed by atoms with Gasteiger partial charge in [-0.05, 0) is 33.8 Å². The summed E-state index contributed by atoms with van der Waals surface area (Å²) in [7, 11) is -0.572. The lowest BCUT2D eigenvalue weighted by Crippen LogP contribution is -2.41. The lowest BCUT2D eigenvalue weighted by molar-refractivity contribution is 0.00578. The van der Waals surface area contributed by atoms with E-state index in [2.05, 4.69) is 4.98 Å². The van der Waals surface area contributed by atoms with Gasteiger partial charge in [-0.25, -0.2) is 0 Å². The fourth-order valence-corrected chi connectivity index (χ4v) is 1.99. The Morgan fingerprint density at radius 2 is 1.85 bits per heavy atom. The molecule has 0 unspecified atom stereocenters. The minimum Gasteiger partial charge on any atom is -0.399 e. The number of carbonyl (C=O) groups excluding carboxylic acids is 1. The first-order chi connectivity index (χ1) is 9.18. The van der Waals surface area contributed by atoms with Crippen LogP contribution in [0.2, 0.25) is 0 Å². The molecule has 1 aromatic heterocycles. The van der Waals surface area contributed by atoms with Crippen molar-refractivity contribution in [3.8, 4) is 0 Å². The summed E-state index contributed by atoms with van der Waals surface area (Å²) >= 11 is 0. The Morgan fingerprint density at radius 1 is 1.30 bits per heavy atom. The number of carbonyl (C=O) groups is 1. The maximum Gasteiger partial charge on any atom is 0.496 e. The van der Waals surface area contributed by atoms with Crippen molar-refractivity contribution in [3.63, 3.8) is 0 Å². The second-order valence-electron chi connectivity index (χ2n) is 5.92. The molecule has 0 atom stereocenters. The summed E-state index contributed by atoms with van der Waals surface area (Å²) in [6.07, 6.45) is 1.61. The molecular weight excluding hydrogens is 257 g/mol. The molecule has 2 rings (SSSR count). The van der Waals surface area contributed by atoms with Crippen LogP contribution in [0.1, 0.15) is 43.7 Å². The number of aromatic nitrogens is 1. The van der Waals surface area contributed by atoms with Crippen molar-refractivity contribution in [2.75, 3.05) is 0 Å². The molecule has 1 saturated heterocycles. The fraction of sp³-hybridized carbons (Fsp3) is 0.538. The van der Waals surface area contributed by atoms with Crippen LogP contribution in [0.3, 0.4) is 0 Å². The van der Waals surface area contributed by atoms with Gasteiger partial charge in [-0.15, -0.1) is 0 Å². The number of nitrogens with zero attached hydrogens (tertiary/aromatic N) is 1. The quantitative estimate of drug-likeness (QED) is 0.754. The molecule has 108 valence electrons. The number of nitrogens with two attached hydrogens (primary N) is 2. The van der Waals surface area contributed by atoms with Crippen molar-refractivity contribution >= 4 is 18.5 Å². The SMILES string of the molecule is CC1(C)OB(c2cnc(CN)c(C(N)=O)c2)OC1(C)C. The smallest absolute Gasteiger partial charge is 0.399 e. The molecule has 0 radical (unpaired) electrons. The van der Waals surface area contributed by atoms with Gasteiger partial charge in [0.2, 0.25) is 0 Å². The first-order valence-electron chi connectivity index (χ1n) is 6.52. The molecule has 0 aliphatic carbocycles. The highest BCUT2D eigenvalue weighted by Crippen LogP contribution is 2.36. The van der Waals surface area contributed by atoms with E-state index in [1.165, 1.54) is 0 Å². The molecule has 0 spiro atoms. The van der Waals surface area contributed by atoms with Gasteiger partial charge in [0.15, 0.2) is 0 Å². The van der Waals surface area contributed by atoms with Gasteiger partial charge >= 0.3 is 7.12 Å². The van der Waals surface area contributed by atoms with E-state index in [1.54, 1.807) is 12.3 Å². The first kappa shape index (κ1) is 15.0. The zero-order chi connectivity index (χ0) is 15.1. The molecular formula is C13H20BN3O3. The Hall–Kier alpha value is -1.44. The van der Waals surface area contributed by atoms with Crippen LogP contribution in [0.15, 0.2) is 12.3 Å². The Kier molecular flexibility index (Phi) is 3.62. The summed E-state index contributed by atoms with van der Waals surface area (Å²) in [4.78, 5) is 15.6. The van der Waals surface area contributed by atoms with Gasteiger partial charge in [0.25, 0.3) is 5.91 Å². The summed E-state index contributed by atoms with van der Waals surface area (Å²) in [5, 5.41) is 0. The van der Waals surface area contributed by atoms with E-state index in [0.29, 0.717) is 16.7 Å². The molecule has 1 aromatic rings. The predicted molar refractivity (Wildman–Crippen MR) is 76.4 cm³/mol. The van der Waals surface area contributed by atoms with Crippen molar-refractivity contribution in [2.45, 2.75) is 45.4 Å². The second-order valence-corrected chi connectivity index (χ2v) is 5.92. The topological polar surface area (TPSA) is 100 Å². The Morgan fingerprint density at radius 3 is 2.30 bits per heavy atom. The van der Waals surface area contributed by atoms with E-state index >= 15 is 0 Å². The predicted octanol–water partition coefficient (Wildman–Crippen LogP) is -0.0616. The molecule has 1 aliphatic rings. The van der Waals surface area contributed by atoms with Gasteiger partial charge in [0.05, 0.1) is 22.5 Å². The van der Waals surface area contributed by atoms with Gasteiger partial charge in [-0.3, -0.25) is 9.78 Å². The number of amides is 1. The summed E-state index contributed by atoms with van der Waals surface area (Å²) in [5.74, 6) is -0.559. The van der Waals surface area contributed by atoms with Crippen molar-refractivity contribution in [3.05, 3.63) is 23.5 Å². The number of hydrogen-bond acceptors (Lipinski definition) is 5. The van der Waals surface area contributed by atoms with Crippen molar-refractivity contribution < 1.29 is 14.1 Å². The standard InChI is InChI=1S/C13H20BN3O3/c1-12(2)13(3,4)20-14(19-12)8-5-9(11(16)18)10(6-15)17-7-8/h5,7H,6,15H2,1-4H3,(H2,16,18). The molecule has 6 nitrogen and oxygen atoms in total. The molecule has 1 aliphatic heterocycles.